The molecule has 1 unspecified atom stereocenters. The fourth-order valence-electron chi connectivity index (χ4n) is 2.95. The minimum absolute atomic E-state index is 0.424. The van der Waals surface area contributed by atoms with Crippen LogP contribution < -0.4 is 0 Å². The molecule has 0 bridgehead atoms. The third kappa shape index (κ3) is 3.47. The Morgan fingerprint density at radius 3 is 2.08 bits per heavy atom. The van der Waals surface area contributed by atoms with Crippen LogP contribution in [0.2, 0.25) is 0 Å². The lowest BCUT2D eigenvalue weighted by Gasteiger charge is -2.28. The van der Waals surface area contributed by atoms with E-state index < -0.39 is 5.60 Å². The summed E-state index contributed by atoms with van der Waals surface area (Å²) in [6, 6.07) is 31.0. The van der Waals surface area contributed by atoms with Crippen LogP contribution in [0.4, 0.5) is 0 Å². The molecule has 4 rings (SSSR count). The Hall–Kier alpha value is -2.52. The second-order valence-electron chi connectivity index (χ2n) is 6.05. The third-order valence-electron chi connectivity index (χ3n) is 4.31. The van der Waals surface area contributed by atoms with Crippen molar-refractivity contribution in [2.75, 3.05) is 12.3 Å². The molecular weight excluding hydrogens is 326 g/mol. The second-order valence-corrected chi connectivity index (χ2v) is 7.10. The lowest BCUT2D eigenvalue weighted by atomic mass is 9.96. The molecule has 2 nitrogen and oxygen atoms in total. The Balaban J connectivity index is 1.60. The van der Waals surface area contributed by atoms with Crippen molar-refractivity contribution in [1.29, 1.82) is 0 Å². The summed E-state index contributed by atoms with van der Waals surface area (Å²) in [6.45, 7) is 0.640. The molecule has 1 heterocycles. The Bertz CT molecular complexity index is 849. The standard InChI is InChI=1S/C22H19NOS/c1-4-10-18(11-5-1)21-23-16-22(24-21,19-12-6-2-7-13-19)17-25-20-14-8-3-9-15-20/h1-15H,16-17H2. The Morgan fingerprint density at radius 2 is 1.40 bits per heavy atom. The zero-order valence-electron chi connectivity index (χ0n) is 13.8. The van der Waals surface area contributed by atoms with Gasteiger partial charge in [0.2, 0.25) is 5.90 Å². The summed E-state index contributed by atoms with van der Waals surface area (Å²) >= 11 is 1.81. The first-order valence-electron chi connectivity index (χ1n) is 8.38. The molecular formula is C22H19NOS. The maximum absolute atomic E-state index is 6.47. The van der Waals surface area contributed by atoms with E-state index in [1.807, 2.05) is 54.2 Å². The molecule has 0 saturated carbocycles. The van der Waals surface area contributed by atoms with Crippen molar-refractivity contribution in [3.8, 4) is 0 Å². The lowest BCUT2D eigenvalue weighted by molar-refractivity contribution is 0.114. The summed E-state index contributed by atoms with van der Waals surface area (Å²) in [5.74, 6) is 1.55. The maximum atomic E-state index is 6.47. The van der Waals surface area contributed by atoms with Gasteiger partial charge in [-0.05, 0) is 29.8 Å². The van der Waals surface area contributed by atoms with E-state index in [1.165, 1.54) is 10.5 Å². The molecule has 3 aromatic carbocycles. The fraction of sp³-hybridized carbons (Fsp3) is 0.136. The van der Waals surface area contributed by atoms with Crippen LogP contribution >= 0.6 is 11.8 Å². The maximum Gasteiger partial charge on any atom is 0.217 e. The molecule has 0 amide bonds. The zero-order valence-corrected chi connectivity index (χ0v) is 14.7. The average Bonchev–Trinajstić information content (AvgIpc) is 3.14. The molecule has 3 heteroatoms. The van der Waals surface area contributed by atoms with Crippen LogP contribution in [0, 0.1) is 0 Å². The number of benzene rings is 3. The van der Waals surface area contributed by atoms with E-state index in [2.05, 4.69) is 48.5 Å². The predicted molar refractivity (Wildman–Crippen MR) is 104 cm³/mol. The minimum Gasteiger partial charge on any atom is -0.463 e. The van der Waals surface area contributed by atoms with Crippen molar-refractivity contribution in [2.24, 2.45) is 4.99 Å². The Kier molecular flexibility index (Phi) is 4.57. The van der Waals surface area contributed by atoms with Gasteiger partial charge in [0.05, 0.1) is 6.54 Å². The van der Waals surface area contributed by atoms with Crippen LogP contribution in [0.3, 0.4) is 0 Å². The first-order chi connectivity index (χ1) is 12.4. The summed E-state index contributed by atoms with van der Waals surface area (Å²) in [7, 11) is 0. The normalized spacial score (nSPS) is 19.3. The Labute approximate surface area is 152 Å². The van der Waals surface area contributed by atoms with Gasteiger partial charge in [0.15, 0.2) is 5.60 Å². The molecule has 0 spiro atoms. The molecule has 0 saturated heterocycles. The van der Waals surface area contributed by atoms with Gasteiger partial charge in [0, 0.05) is 16.2 Å². The lowest BCUT2D eigenvalue weighted by Crippen LogP contribution is -2.33. The minimum atomic E-state index is -0.424. The van der Waals surface area contributed by atoms with Crippen LogP contribution in [0.25, 0.3) is 0 Å². The topological polar surface area (TPSA) is 21.6 Å². The molecule has 0 aromatic heterocycles. The van der Waals surface area contributed by atoms with Crippen LogP contribution in [-0.2, 0) is 10.3 Å². The summed E-state index contributed by atoms with van der Waals surface area (Å²) in [5, 5.41) is 0. The second kappa shape index (κ2) is 7.16. The summed E-state index contributed by atoms with van der Waals surface area (Å²) in [6.07, 6.45) is 0. The highest BCUT2D eigenvalue weighted by atomic mass is 32.2. The molecule has 1 aliphatic rings. The highest BCUT2D eigenvalue weighted by Crippen LogP contribution is 2.37. The van der Waals surface area contributed by atoms with Crippen molar-refractivity contribution in [2.45, 2.75) is 10.5 Å². The van der Waals surface area contributed by atoms with Crippen molar-refractivity contribution < 1.29 is 4.74 Å². The SMILES string of the molecule is c1ccc(SCC2(c3ccccc3)CN=C(c3ccccc3)O2)cc1. The smallest absolute Gasteiger partial charge is 0.217 e. The monoisotopic (exact) mass is 345 g/mol. The third-order valence-corrected chi connectivity index (χ3v) is 5.52. The van der Waals surface area contributed by atoms with Crippen molar-refractivity contribution in [1.82, 2.24) is 0 Å². The van der Waals surface area contributed by atoms with Gasteiger partial charge in [-0.25, -0.2) is 4.99 Å². The van der Waals surface area contributed by atoms with E-state index in [9.17, 15) is 0 Å². The Morgan fingerprint density at radius 1 is 0.800 bits per heavy atom. The number of hydrogen-bond acceptors (Lipinski definition) is 3. The van der Waals surface area contributed by atoms with Crippen molar-refractivity contribution in [3.63, 3.8) is 0 Å². The van der Waals surface area contributed by atoms with Gasteiger partial charge in [0.1, 0.15) is 0 Å². The number of aliphatic imine (C=N–C) groups is 1. The molecule has 0 fully saturated rings. The molecule has 25 heavy (non-hydrogen) atoms. The summed E-state index contributed by atoms with van der Waals surface area (Å²) < 4.78 is 6.47. The molecule has 1 aliphatic heterocycles. The molecule has 1 atom stereocenters. The van der Waals surface area contributed by atoms with Gasteiger partial charge in [0.25, 0.3) is 0 Å². The van der Waals surface area contributed by atoms with Gasteiger partial charge < -0.3 is 4.74 Å². The molecule has 0 aliphatic carbocycles. The van der Waals surface area contributed by atoms with Crippen molar-refractivity contribution >= 4 is 17.7 Å². The van der Waals surface area contributed by atoms with Crippen LogP contribution in [0.5, 0.6) is 0 Å². The van der Waals surface area contributed by atoms with Crippen molar-refractivity contribution in [3.05, 3.63) is 102 Å². The van der Waals surface area contributed by atoms with E-state index in [1.54, 1.807) is 0 Å². The average molecular weight is 345 g/mol. The van der Waals surface area contributed by atoms with Gasteiger partial charge >= 0.3 is 0 Å². The summed E-state index contributed by atoms with van der Waals surface area (Å²) in [5.41, 5.74) is 1.78. The quantitative estimate of drug-likeness (QED) is 0.596. The van der Waals surface area contributed by atoms with E-state index in [-0.39, 0.29) is 0 Å². The van der Waals surface area contributed by atoms with Gasteiger partial charge in [-0.3, -0.25) is 0 Å². The molecule has 0 N–H and O–H groups in total. The van der Waals surface area contributed by atoms with E-state index in [0.717, 1.165) is 17.2 Å². The fourth-order valence-corrected chi connectivity index (χ4v) is 4.01. The van der Waals surface area contributed by atoms with Gasteiger partial charge in [-0.15, -0.1) is 11.8 Å². The zero-order chi connectivity index (χ0) is 17.0. The van der Waals surface area contributed by atoms with Crippen LogP contribution in [0.15, 0.2) is 101 Å². The molecule has 124 valence electrons. The van der Waals surface area contributed by atoms with E-state index in [4.69, 9.17) is 9.73 Å². The van der Waals surface area contributed by atoms with Crippen LogP contribution in [-0.4, -0.2) is 18.2 Å². The van der Waals surface area contributed by atoms with E-state index in [0.29, 0.717) is 6.54 Å². The number of rotatable bonds is 5. The number of hydrogen-bond donors (Lipinski definition) is 0. The molecule has 3 aromatic rings. The van der Waals surface area contributed by atoms with Gasteiger partial charge in [-0.1, -0.05) is 66.7 Å². The number of thioether (sulfide) groups is 1. The predicted octanol–water partition coefficient (Wildman–Crippen LogP) is 5.15. The van der Waals surface area contributed by atoms with Gasteiger partial charge in [-0.2, -0.15) is 0 Å². The summed E-state index contributed by atoms with van der Waals surface area (Å²) in [4.78, 5) is 5.97. The number of ether oxygens (including phenoxy) is 1. The molecule has 0 radical (unpaired) electrons. The highest BCUT2D eigenvalue weighted by Gasteiger charge is 2.40. The van der Waals surface area contributed by atoms with E-state index >= 15 is 0 Å². The highest BCUT2D eigenvalue weighted by molar-refractivity contribution is 7.99. The van der Waals surface area contributed by atoms with Crippen LogP contribution in [0.1, 0.15) is 11.1 Å². The first-order valence-corrected chi connectivity index (χ1v) is 9.37. The first kappa shape index (κ1) is 16.0. The largest absolute Gasteiger partial charge is 0.463 e. The number of nitrogens with zero attached hydrogens (tertiary/aromatic N) is 1.